The molecule has 2 rings (SSSR count). The molecule has 2 aromatic carbocycles. The highest BCUT2D eigenvalue weighted by molar-refractivity contribution is 5.97. The van der Waals surface area contributed by atoms with Gasteiger partial charge in [-0.1, -0.05) is 6.07 Å². The summed E-state index contributed by atoms with van der Waals surface area (Å²) in [6.45, 7) is 1.92. The normalized spacial score (nSPS) is 10.5. The summed E-state index contributed by atoms with van der Waals surface area (Å²) in [6.07, 6.45) is 1.49. The summed E-state index contributed by atoms with van der Waals surface area (Å²) in [5.41, 5.74) is 4.56. The Balaban J connectivity index is 2.19. The molecule has 0 heterocycles. The van der Waals surface area contributed by atoms with Gasteiger partial charge < -0.3 is 18.9 Å². The SMILES string of the molecule is COc1cc(C)ccc1C(=O)N/N=C\c1cc(OC)c(OC)c(OC)c1. The van der Waals surface area contributed by atoms with Crippen LogP contribution in [0.25, 0.3) is 0 Å². The smallest absolute Gasteiger partial charge is 0.275 e. The van der Waals surface area contributed by atoms with Crippen molar-refractivity contribution in [3.63, 3.8) is 0 Å². The predicted molar refractivity (Wildman–Crippen MR) is 98.9 cm³/mol. The summed E-state index contributed by atoms with van der Waals surface area (Å²) in [4.78, 5) is 12.3. The molecule has 7 heteroatoms. The Morgan fingerprint density at radius 3 is 2.08 bits per heavy atom. The van der Waals surface area contributed by atoms with E-state index in [1.807, 2.05) is 13.0 Å². The Morgan fingerprint density at radius 2 is 1.54 bits per heavy atom. The molecule has 2 aromatic rings. The molecule has 0 aliphatic heterocycles. The quantitative estimate of drug-likeness (QED) is 0.608. The highest BCUT2D eigenvalue weighted by Crippen LogP contribution is 2.37. The number of carbonyl (C=O) groups excluding carboxylic acids is 1. The molecule has 0 unspecified atom stereocenters. The van der Waals surface area contributed by atoms with Crippen molar-refractivity contribution in [1.29, 1.82) is 0 Å². The zero-order chi connectivity index (χ0) is 19.1. The van der Waals surface area contributed by atoms with Crippen LogP contribution in [0.1, 0.15) is 21.5 Å². The average molecular weight is 358 g/mol. The van der Waals surface area contributed by atoms with Gasteiger partial charge in [0.05, 0.1) is 40.2 Å². The first-order valence-electron chi connectivity index (χ1n) is 7.82. The van der Waals surface area contributed by atoms with Crippen molar-refractivity contribution in [3.05, 3.63) is 47.0 Å². The van der Waals surface area contributed by atoms with E-state index in [-0.39, 0.29) is 5.91 Å². The first-order chi connectivity index (χ1) is 12.5. The van der Waals surface area contributed by atoms with Crippen LogP contribution < -0.4 is 24.4 Å². The number of hydrazone groups is 1. The van der Waals surface area contributed by atoms with Gasteiger partial charge in [0.25, 0.3) is 5.91 Å². The number of aryl methyl sites for hydroxylation is 1. The molecule has 0 saturated carbocycles. The minimum atomic E-state index is -0.370. The molecule has 26 heavy (non-hydrogen) atoms. The van der Waals surface area contributed by atoms with E-state index < -0.39 is 0 Å². The minimum Gasteiger partial charge on any atom is -0.496 e. The molecular weight excluding hydrogens is 336 g/mol. The van der Waals surface area contributed by atoms with Gasteiger partial charge in [0, 0.05) is 5.56 Å². The summed E-state index contributed by atoms with van der Waals surface area (Å²) < 4.78 is 21.1. The molecule has 1 amide bonds. The fraction of sp³-hybridized carbons (Fsp3) is 0.263. The van der Waals surface area contributed by atoms with Gasteiger partial charge in [0.15, 0.2) is 11.5 Å². The van der Waals surface area contributed by atoms with E-state index in [1.165, 1.54) is 34.7 Å². The number of amides is 1. The Hall–Kier alpha value is -3.22. The molecular formula is C19H22N2O5. The molecule has 1 N–H and O–H groups in total. The Kier molecular flexibility index (Phi) is 6.43. The summed E-state index contributed by atoms with van der Waals surface area (Å²) >= 11 is 0. The van der Waals surface area contributed by atoms with Gasteiger partial charge in [0.1, 0.15) is 5.75 Å². The van der Waals surface area contributed by atoms with E-state index in [0.717, 1.165) is 5.56 Å². The third-order valence-corrected chi connectivity index (χ3v) is 3.67. The van der Waals surface area contributed by atoms with Gasteiger partial charge >= 0.3 is 0 Å². The van der Waals surface area contributed by atoms with Gasteiger partial charge in [-0.05, 0) is 36.8 Å². The molecule has 0 spiro atoms. The number of ether oxygens (including phenoxy) is 4. The van der Waals surface area contributed by atoms with Gasteiger partial charge in [-0.2, -0.15) is 5.10 Å². The average Bonchev–Trinajstić information content (AvgIpc) is 2.66. The largest absolute Gasteiger partial charge is 0.496 e. The van der Waals surface area contributed by atoms with Crippen LogP contribution in [-0.4, -0.2) is 40.6 Å². The van der Waals surface area contributed by atoms with Crippen LogP contribution in [0.4, 0.5) is 0 Å². The third kappa shape index (κ3) is 4.24. The van der Waals surface area contributed by atoms with Crippen LogP contribution in [0, 0.1) is 6.92 Å². The van der Waals surface area contributed by atoms with Crippen LogP contribution in [-0.2, 0) is 0 Å². The monoisotopic (exact) mass is 358 g/mol. The lowest BCUT2D eigenvalue weighted by molar-refractivity contribution is 0.0952. The molecule has 0 aliphatic carbocycles. The summed E-state index contributed by atoms with van der Waals surface area (Å²) in [5, 5.41) is 3.99. The minimum absolute atomic E-state index is 0.370. The van der Waals surface area contributed by atoms with Crippen molar-refractivity contribution >= 4 is 12.1 Å². The van der Waals surface area contributed by atoms with E-state index in [1.54, 1.807) is 24.3 Å². The van der Waals surface area contributed by atoms with Crippen LogP contribution in [0.3, 0.4) is 0 Å². The Morgan fingerprint density at radius 1 is 0.923 bits per heavy atom. The van der Waals surface area contributed by atoms with Crippen molar-refractivity contribution in [2.24, 2.45) is 5.10 Å². The van der Waals surface area contributed by atoms with E-state index in [0.29, 0.717) is 34.1 Å². The number of hydrogen-bond donors (Lipinski definition) is 1. The highest BCUT2D eigenvalue weighted by Gasteiger charge is 2.13. The molecule has 0 bridgehead atoms. The molecule has 138 valence electrons. The lowest BCUT2D eigenvalue weighted by Gasteiger charge is -2.12. The van der Waals surface area contributed by atoms with Gasteiger partial charge in [-0.25, -0.2) is 5.43 Å². The molecule has 0 fully saturated rings. The second kappa shape index (κ2) is 8.75. The number of rotatable bonds is 7. The summed E-state index contributed by atoms with van der Waals surface area (Å²) in [5.74, 6) is 1.61. The Bertz CT molecular complexity index is 793. The number of methoxy groups -OCH3 is 4. The maximum absolute atomic E-state index is 12.3. The lowest BCUT2D eigenvalue weighted by Crippen LogP contribution is -2.18. The topological polar surface area (TPSA) is 78.4 Å². The van der Waals surface area contributed by atoms with E-state index in [4.69, 9.17) is 18.9 Å². The second-order valence-corrected chi connectivity index (χ2v) is 5.36. The van der Waals surface area contributed by atoms with Crippen molar-refractivity contribution in [2.45, 2.75) is 6.92 Å². The van der Waals surface area contributed by atoms with E-state index in [2.05, 4.69) is 10.5 Å². The van der Waals surface area contributed by atoms with E-state index in [9.17, 15) is 4.79 Å². The maximum atomic E-state index is 12.3. The number of benzene rings is 2. The Labute approximate surface area is 152 Å². The fourth-order valence-electron chi connectivity index (χ4n) is 2.39. The van der Waals surface area contributed by atoms with Gasteiger partial charge in [-0.15, -0.1) is 0 Å². The molecule has 0 aliphatic rings. The lowest BCUT2D eigenvalue weighted by atomic mass is 10.1. The van der Waals surface area contributed by atoms with Crippen LogP contribution in [0.15, 0.2) is 35.4 Å². The van der Waals surface area contributed by atoms with Gasteiger partial charge in [-0.3, -0.25) is 4.79 Å². The number of hydrogen-bond acceptors (Lipinski definition) is 6. The summed E-state index contributed by atoms with van der Waals surface area (Å²) in [7, 11) is 6.11. The zero-order valence-corrected chi connectivity index (χ0v) is 15.5. The van der Waals surface area contributed by atoms with Crippen LogP contribution in [0.2, 0.25) is 0 Å². The fourth-order valence-corrected chi connectivity index (χ4v) is 2.39. The number of nitrogens with zero attached hydrogens (tertiary/aromatic N) is 1. The maximum Gasteiger partial charge on any atom is 0.275 e. The first kappa shape index (κ1) is 19.1. The molecule has 7 nitrogen and oxygen atoms in total. The zero-order valence-electron chi connectivity index (χ0n) is 15.5. The standard InChI is InChI=1S/C19H22N2O5/c1-12-6-7-14(15(8-12)23-2)19(22)21-20-11-13-9-16(24-3)18(26-5)17(10-13)25-4/h6-11H,1-5H3,(H,21,22)/b20-11-. The van der Waals surface area contributed by atoms with Crippen molar-refractivity contribution < 1.29 is 23.7 Å². The second-order valence-electron chi connectivity index (χ2n) is 5.36. The summed E-state index contributed by atoms with van der Waals surface area (Å²) in [6, 6.07) is 8.77. The van der Waals surface area contributed by atoms with Crippen molar-refractivity contribution in [2.75, 3.05) is 28.4 Å². The number of nitrogens with one attached hydrogen (secondary N) is 1. The highest BCUT2D eigenvalue weighted by atomic mass is 16.5. The van der Waals surface area contributed by atoms with Gasteiger partial charge in [0.2, 0.25) is 5.75 Å². The van der Waals surface area contributed by atoms with E-state index >= 15 is 0 Å². The third-order valence-electron chi connectivity index (χ3n) is 3.67. The molecule has 0 radical (unpaired) electrons. The van der Waals surface area contributed by atoms with Crippen LogP contribution in [0.5, 0.6) is 23.0 Å². The van der Waals surface area contributed by atoms with Crippen LogP contribution >= 0.6 is 0 Å². The van der Waals surface area contributed by atoms with Crippen molar-refractivity contribution in [1.82, 2.24) is 5.43 Å². The molecule has 0 atom stereocenters. The molecule has 0 aromatic heterocycles. The number of carbonyl (C=O) groups is 1. The first-order valence-corrected chi connectivity index (χ1v) is 7.82. The van der Waals surface area contributed by atoms with Crippen molar-refractivity contribution in [3.8, 4) is 23.0 Å². The molecule has 0 saturated heterocycles. The predicted octanol–water partition coefficient (Wildman–Crippen LogP) is 2.79.